The van der Waals surface area contributed by atoms with E-state index in [-0.39, 0.29) is 0 Å². The Labute approximate surface area is 54.4 Å². The van der Waals surface area contributed by atoms with Crippen LogP contribution >= 0.6 is 0 Å². The van der Waals surface area contributed by atoms with Crippen molar-refractivity contribution in [3.63, 3.8) is 0 Å². The van der Waals surface area contributed by atoms with Gasteiger partial charge < -0.3 is 16.8 Å². The summed E-state index contributed by atoms with van der Waals surface area (Å²) in [5, 5.41) is 2.91. The average Bonchev–Trinajstić information content (AvgIpc) is 1.77. The minimum Gasteiger partial charge on any atom is -0.399 e. The zero-order valence-electron chi connectivity index (χ0n) is 5.39. The van der Waals surface area contributed by atoms with E-state index in [4.69, 9.17) is 11.5 Å². The summed E-state index contributed by atoms with van der Waals surface area (Å²) in [5.41, 5.74) is 11.3. The molecule has 0 spiro atoms. The van der Waals surface area contributed by atoms with Gasteiger partial charge in [-0.3, -0.25) is 0 Å². The molecule has 1 aliphatic heterocycles. The maximum atomic E-state index is 5.67. The number of nitrogens with two attached hydrogens (primary N) is 2. The Morgan fingerprint density at radius 2 is 2.33 bits per heavy atom. The van der Waals surface area contributed by atoms with E-state index < -0.39 is 5.66 Å². The second kappa shape index (κ2) is 1.77. The van der Waals surface area contributed by atoms with Gasteiger partial charge in [-0.2, -0.15) is 0 Å². The minimum atomic E-state index is -0.561. The van der Waals surface area contributed by atoms with Crippen LogP contribution in [0.25, 0.3) is 0 Å². The van der Waals surface area contributed by atoms with Crippen LogP contribution in [-0.4, -0.2) is 5.66 Å². The molecule has 0 aromatic rings. The number of hydrogen-bond donors (Lipinski definition) is 3. The van der Waals surface area contributed by atoms with Gasteiger partial charge in [-0.15, -0.1) is 0 Å². The van der Waals surface area contributed by atoms with Crippen LogP contribution in [0.5, 0.6) is 0 Å². The van der Waals surface area contributed by atoms with Crippen LogP contribution in [0.2, 0.25) is 0 Å². The van der Waals surface area contributed by atoms with Crippen molar-refractivity contribution >= 4 is 0 Å². The third-order valence-electron chi connectivity index (χ3n) is 1.35. The monoisotopic (exact) mass is 125 g/mol. The first-order chi connectivity index (χ1) is 4.13. The summed E-state index contributed by atoms with van der Waals surface area (Å²) in [4.78, 5) is 0. The molecule has 0 fully saturated rings. The molecule has 3 heteroatoms. The van der Waals surface area contributed by atoms with Gasteiger partial charge in [-0.1, -0.05) is 0 Å². The van der Waals surface area contributed by atoms with Crippen LogP contribution < -0.4 is 16.8 Å². The highest BCUT2D eigenvalue weighted by Crippen LogP contribution is 2.06. The Hall–Kier alpha value is -0.960. The topological polar surface area (TPSA) is 64.1 Å². The molecule has 1 aliphatic rings. The van der Waals surface area contributed by atoms with Crippen molar-refractivity contribution in [3.05, 3.63) is 24.0 Å². The number of dihydropyridines is 1. The highest BCUT2D eigenvalue weighted by atomic mass is 15.1. The van der Waals surface area contributed by atoms with Gasteiger partial charge in [-0.25, -0.2) is 0 Å². The second-order valence-electron chi connectivity index (χ2n) is 2.33. The quantitative estimate of drug-likeness (QED) is 0.413. The third kappa shape index (κ3) is 1.05. The van der Waals surface area contributed by atoms with Crippen LogP contribution in [0.4, 0.5) is 0 Å². The molecule has 0 saturated heterocycles. The zero-order valence-corrected chi connectivity index (χ0v) is 5.39. The fourth-order valence-corrected chi connectivity index (χ4v) is 0.629. The molecular weight excluding hydrogens is 114 g/mol. The lowest BCUT2D eigenvalue weighted by molar-refractivity contribution is 0.481. The number of rotatable bonds is 0. The largest absolute Gasteiger partial charge is 0.399 e. The molecular formula is C6H11N3. The Morgan fingerprint density at radius 1 is 1.67 bits per heavy atom. The van der Waals surface area contributed by atoms with Crippen molar-refractivity contribution in [2.24, 2.45) is 11.5 Å². The van der Waals surface area contributed by atoms with E-state index in [1.54, 1.807) is 12.3 Å². The van der Waals surface area contributed by atoms with Gasteiger partial charge >= 0.3 is 0 Å². The summed E-state index contributed by atoms with van der Waals surface area (Å²) < 4.78 is 0. The minimum absolute atomic E-state index is 0.561. The number of nitrogens with one attached hydrogen (secondary N) is 1. The maximum absolute atomic E-state index is 5.67. The lowest BCUT2D eigenvalue weighted by atomic mass is 10.1. The molecule has 0 radical (unpaired) electrons. The number of hydrogen-bond acceptors (Lipinski definition) is 3. The maximum Gasteiger partial charge on any atom is 0.123 e. The molecule has 0 aliphatic carbocycles. The fraction of sp³-hybridized carbons (Fsp3) is 0.333. The first-order valence-electron chi connectivity index (χ1n) is 2.82. The van der Waals surface area contributed by atoms with Gasteiger partial charge in [0, 0.05) is 5.70 Å². The molecule has 0 saturated carbocycles. The fourth-order valence-electron chi connectivity index (χ4n) is 0.629. The van der Waals surface area contributed by atoms with Crippen molar-refractivity contribution in [3.8, 4) is 0 Å². The van der Waals surface area contributed by atoms with Gasteiger partial charge in [0.05, 0.1) is 0 Å². The lowest BCUT2D eigenvalue weighted by Gasteiger charge is -2.27. The second-order valence-corrected chi connectivity index (χ2v) is 2.33. The molecule has 5 N–H and O–H groups in total. The molecule has 1 atom stereocenters. The van der Waals surface area contributed by atoms with E-state index in [1.807, 2.05) is 13.0 Å². The van der Waals surface area contributed by atoms with Crippen molar-refractivity contribution in [1.29, 1.82) is 0 Å². The summed E-state index contributed by atoms with van der Waals surface area (Å²) in [7, 11) is 0. The van der Waals surface area contributed by atoms with E-state index in [0.717, 1.165) is 0 Å². The molecule has 1 heterocycles. The van der Waals surface area contributed by atoms with Crippen LogP contribution in [0, 0.1) is 0 Å². The molecule has 1 unspecified atom stereocenters. The Bertz CT molecular complexity index is 167. The Morgan fingerprint density at radius 3 is 2.67 bits per heavy atom. The van der Waals surface area contributed by atoms with Gasteiger partial charge in [-0.05, 0) is 25.3 Å². The molecule has 0 bridgehead atoms. The van der Waals surface area contributed by atoms with E-state index >= 15 is 0 Å². The summed E-state index contributed by atoms with van der Waals surface area (Å²) in [6.07, 6.45) is 5.39. The van der Waals surface area contributed by atoms with Gasteiger partial charge in [0.25, 0.3) is 0 Å². The van der Waals surface area contributed by atoms with Gasteiger partial charge in [0.2, 0.25) is 0 Å². The van der Waals surface area contributed by atoms with E-state index in [2.05, 4.69) is 5.32 Å². The molecule has 0 amide bonds. The third-order valence-corrected chi connectivity index (χ3v) is 1.35. The van der Waals surface area contributed by atoms with E-state index in [9.17, 15) is 0 Å². The highest BCUT2D eigenvalue weighted by Gasteiger charge is 2.20. The number of allylic oxidation sites excluding steroid dienone is 2. The summed E-state index contributed by atoms with van der Waals surface area (Å²) in [6.45, 7) is 1.82. The molecule has 0 aromatic carbocycles. The van der Waals surface area contributed by atoms with Crippen LogP contribution in [0.1, 0.15) is 6.92 Å². The van der Waals surface area contributed by atoms with Crippen molar-refractivity contribution < 1.29 is 0 Å². The summed E-state index contributed by atoms with van der Waals surface area (Å²) in [5.74, 6) is 0. The first-order valence-corrected chi connectivity index (χ1v) is 2.82. The van der Waals surface area contributed by atoms with E-state index in [1.165, 1.54) is 0 Å². The van der Waals surface area contributed by atoms with Crippen molar-refractivity contribution in [2.75, 3.05) is 0 Å². The molecule has 0 aromatic heterocycles. The molecule has 1 rings (SSSR count). The van der Waals surface area contributed by atoms with Gasteiger partial charge in [0.1, 0.15) is 5.66 Å². The Kier molecular flexibility index (Phi) is 1.21. The van der Waals surface area contributed by atoms with Crippen molar-refractivity contribution in [1.82, 2.24) is 5.32 Å². The average molecular weight is 125 g/mol. The van der Waals surface area contributed by atoms with Crippen molar-refractivity contribution in [2.45, 2.75) is 12.6 Å². The van der Waals surface area contributed by atoms with Crippen LogP contribution in [0.3, 0.4) is 0 Å². The standard InChI is InChI=1S/C6H11N3/c1-6(8)5(7)3-2-4-9-6/h2-4,9H,7-8H2,1H3. The predicted molar refractivity (Wildman–Crippen MR) is 37.1 cm³/mol. The van der Waals surface area contributed by atoms with Crippen LogP contribution in [-0.2, 0) is 0 Å². The molecule has 9 heavy (non-hydrogen) atoms. The first kappa shape index (κ1) is 6.16. The predicted octanol–water partition coefficient (Wildman–Crippen LogP) is -0.379. The van der Waals surface area contributed by atoms with Gasteiger partial charge in [0.15, 0.2) is 0 Å². The lowest BCUT2D eigenvalue weighted by Crippen LogP contribution is -2.53. The highest BCUT2D eigenvalue weighted by molar-refractivity contribution is 5.24. The zero-order chi connectivity index (χ0) is 6.91. The van der Waals surface area contributed by atoms with E-state index in [0.29, 0.717) is 5.70 Å². The van der Waals surface area contributed by atoms with Crippen LogP contribution in [0.15, 0.2) is 24.0 Å². The molecule has 3 nitrogen and oxygen atoms in total. The Balaban J connectivity index is 2.83. The smallest absolute Gasteiger partial charge is 0.123 e. The summed E-state index contributed by atoms with van der Waals surface area (Å²) >= 11 is 0. The normalized spacial score (nSPS) is 33.3. The SMILES string of the molecule is CC1(N)NC=CC=C1N. The molecule has 50 valence electrons. The summed E-state index contributed by atoms with van der Waals surface area (Å²) in [6, 6.07) is 0.